The van der Waals surface area contributed by atoms with Crippen molar-refractivity contribution < 1.29 is 9.59 Å². The fraction of sp³-hybridized carbons (Fsp3) is 0.800. The smallest absolute Gasteiger partial charge is 0.245 e. The lowest BCUT2D eigenvalue weighted by Gasteiger charge is -2.32. The van der Waals surface area contributed by atoms with Crippen LogP contribution in [0.3, 0.4) is 0 Å². The first kappa shape index (κ1) is 12.0. The fourth-order valence-electron chi connectivity index (χ4n) is 1.59. The number of hydrogen-bond acceptors (Lipinski definition) is 3. The van der Waals surface area contributed by atoms with Gasteiger partial charge in [-0.05, 0) is 6.92 Å². The number of amides is 2. The van der Waals surface area contributed by atoms with E-state index in [4.69, 9.17) is 0 Å². The molecule has 1 atom stereocenters. The summed E-state index contributed by atoms with van der Waals surface area (Å²) < 4.78 is 0. The van der Waals surface area contributed by atoms with E-state index in [-0.39, 0.29) is 17.9 Å². The average molecular weight is 213 g/mol. The van der Waals surface area contributed by atoms with Crippen LogP contribution in [0, 0.1) is 0 Å². The number of hydrogen-bond donors (Lipinski definition) is 1. The Kier molecular flexibility index (Phi) is 4.08. The highest BCUT2D eigenvalue weighted by atomic mass is 16.2. The number of carbonyl (C=O) groups excluding carboxylic acids is 2. The minimum atomic E-state index is -0.361. The first-order valence-electron chi connectivity index (χ1n) is 5.27. The van der Waals surface area contributed by atoms with Crippen molar-refractivity contribution in [3.8, 4) is 0 Å². The van der Waals surface area contributed by atoms with Crippen LogP contribution in [-0.4, -0.2) is 60.9 Å². The highest BCUT2D eigenvalue weighted by Crippen LogP contribution is 2.03. The Labute approximate surface area is 90.4 Å². The van der Waals surface area contributed by atoms with E-state index in [1.54, 1.807) is 18.9 Å². The third-order valence-electron chi connectivity index (χ3n) is 2.86. The summed E-state index contributed by atoms with van der Waals surface area (Å²) in [7, 11) is 1.66. The van der Waals surface area contributed by atoms with E-state index in [9.17, 15) is 9.59 Å². The molecule has 1 N–H and O–H groups in total. The Morgan fingerprint density at radius 2 is 1.87 bits per heavy atom. The van der Waals surface area contributed by atoms with Crippen molar-refractivity contribution >= 4 is 11.8 Å². The number of carbonyl (C=O) groups is 2. The van der Waals surface area contributed by atoms with Gasteiger partial charge in [-0.3, -0.25) is 9.59 Å². The number of likely N-dealkylation sites (N-methyl/N-ethyl adjacent to an activating group) is 1. The molecule has 86 valence electrons. The average Bonchev–Trinajstić information content (AvgIpc) is 2.27. The highest BCUT2D eigenvalue weighted by Gasteiger charge is 2.25. The van der Waals surface area contributed by atoms with E-state index in [0.717, 1.165) is 26.2 Å². The Hall–Kier alpha value is -1.10. The van der Waals surface area contributed by atoms with Crippen LogP contribution in [-0.2, 0) is 9.59 Å². The summed E-state index contributed by atoms with van der Waals surface area (Å²) in [5.41, 5.74) is 0. The molecule has 1 rings (SSSR count). The van der Waals surface area contributed by atoms with Gasteiger partial charge in [0.25, 0.3) is 0 Å². The zero-order valence-corrected chi connectivity index (χ0v) is 9.62. The van der Waals surface area contributed by atoms with Crippen molar-refractivity contribution in [2.75, 3.05) is 33.2 Å². The third kappa shape index (κ3) is 2.92. The van der Waals surface area contributed by atoms with Crippen LogP contribution < -0.4 is 5.32 Å². The van der Waals surface area contributed by atoms with Gasteiger partial charge in [0.05, 0.1) is 0 Å². The van der Waals surface area contributed by atoms with Gasteiger partial charge in [0, 0.05) is 40.2 Å². The molecule has 5 nitrogen and oxygen atoms in total. The number of nitrogens with zero attached hydrogens (tertiary/aromatic N) is 2. The van der Waals surface area contributed by atoms with E-state index in [1.807, 2.05) is 0 Å². The van der Waals surface area contributed by atoms with Gasteiger partial charge >= 0.3 is 0 Å². The van der Waals surface area contributed by atoms with Gasteiger partial charge in [-0.15, -0.1) is 0 Å². The van der Waals surface area contributed by atoms with Gasteiger partial charge in [0.15, 0.2) is 0 Å². The van der Waals surface area contributed by atoms with Gasteiger partial charge in [-0.25, -0.2) is 0 Å². The van der Waals surface area contributed by atoms with Crippen molar-refractivity contribution in [2.45, 2.75) is 19.9 Å². The maximum Gasteiger partial charge on any atom is 0.245 e. The minimum absolute atomic E-state index is 0.0363. The topological polar surface area (TPSA) is 52.7 Å². The Bertz CT molecular complexity index is 249. The quantitative estimate of drug-likeness (QED) is 0.659. The number of piperazine rings is 1. The second-order valence-corrected chi connectivity index (χ2v) is 3.88. The predicted molar refractivity (Wildman–Crippen MR) is 57.4 cm³/mol. The van der Waals surface area contributed by atoms with E-state index >= 15 is 0 Å². The molecule has 0 aromatic heterocycles. The summed E-state index contributed by atoms with van der Waals surface area (Å²) in [6.45, 7) is 6.38. The lowest BCUT2D eigenvalue weighted by molar-refractivity contribution is -0.143. The van der Waals surface area contributed by atoms with Gasteiger partial charge < -0.3 is 15.1 Å². The third-order valence-corrected chi connectivity index (χ3v) is 2.86. The SMILES string of the molecule is CC(=O)N(C)C(C)C(=O)N1CCNCC1. The van der Waals surface area contributed by atoms with Crippen molar-refractivity contribution in [1.29, 1.82) is 0 Å². The van der Waals surface area contributed by atoms with Gasteiger partial charge in [-0.2, -0.15) is 0 Å². The summed E-state index contributed by atoms with van der Waals surface area (Å²) in [5, 5.41) is 3.19. The zero-order valence-electron chi connectivity index (χ0n) is 9.62. The summed E-state index contributed by atoms with van der Waals surface area (Å²) in [6.07, 6.45) is 0. The van der Waals surface area contributed by atoms with Crippen molar-refractivity contribution in [3.63, 3.8) is 0 Å². The van der Waals surface area contributed by atoms with Crippen LogP contribution in [0.5, 0.6) is 0 Å². The van der Waals surface area contributed by atoms with E-state index in [2.05, 4.69) is 5.32 Å². The van der Waals surface area contributed by atoms with Gasteiger partial charge in [0.1, 0.15) is 6.04 Å². The van der Waals surface area contributed by atoms with Crippen molar-refractivity contribution in [3.05, 3.63) is 0 Å². The molecule has 1 aliphatic rings. The lowest BCUT2D eigenvalue weighted by Crippen LogP contribution is -2.53. The Balaban J connectivity index is 2.54. The molecule has 0 bridgehead atoms. The van der Waals surface area contributed by atoms with Crippen LogP contribution in [0.25, 0.3) is 0 Å². The standard InChI is InChI=1S/C10H19N3O2/c1-8(12(3)9(2)14)10(15)13-6-4-11-5-7-13/h8,11H,4-7H2,1-3H3. The molecule has 15 heavy (non-hydrogen) atoms. The predicted octanol–water partition coefficient (Wildman–Crippen LogP) is -0.715. The number of rotatable bonds is 2. The normalized spacial score (nSPS) is 18.5. The van der Waals surface area contributed by atoms with Crippen LogP contribution in [0.15, 0.2) is 0 Å². The molecule has 1 fully saturated rings. The summed E-state index contributed by atoms with van der Waals surface area (Å²) in [4.78, 5) is 26.3. The molecule has 0 aromatic carbocycles. The first-order chi connectivity index (χ1) is 7.04. The summed E-state index contributed by atoms with van der Waals surface area (Å²) in [5.74, 6) is -0.0415. The van der Waals surface area contributed by atoms with E-state index < -0.39 is 0 Å². The maximum atomic E-state index is 11.9. The molecule has 0 aromatic rings. The van der Waals surface area contributed by atoms with E-state index in [1.165, 1.54) is 11.8 Å². The van der Waals surface area contributed by atoms with E-state index in [0.29, 0.717) is 0 Å². The monoisotopic (exact) mass is 213 g/mol. The highest BCUT2D eigenvalue weighted by molar-refractivity contribution is 5.86. The maximum absolute atomic E-state index is 11.9. The minimum Gasteiger partial charge on any atom is -0.338 e. The van der Waals surface area contributed by atoms with Crippen molar-refractivity contribution in [1.82, 2.24) is 15.1 Å². The molecule has 0 radical (unpaired) electrons. The van der Waals surface area contributed by atoms with Gasteiger partial charge in [-0.1, -0.05) is 0 Å². The molecule has 1 aliphatic heterocycles. The molecule has 0 spiro atoms. The lowest BCUT2D eigenvalue weighted by atomic mass is 10.2. The largest absolute Gasteiger partial charge is 0.338 e. The first-order valence-corrected chi connectivity index (χ1v) is 5.27. The van der Waals surface area contributed by atoms with Gasteiger partial charge in [0.2, 0.25) is 11.8 Å². The molecule has 0 aliphatic carbocycles. The molecular formula is C10H19N3O2. The number of nitrogens with one attached hydrogen (secondary N) is 1. The van der Waals surface area contributed by atoms with Crippen LogP contribution >= 0.6 is 0 Å². The molecule has 0 saturated carbocycles. The molecule has 5 heteroatoms. The fourth-order valence-corrected chi connectivity index (χ4v) is 1.59. The molecular weight excluding hydrogens is 194 g/mol. The Morgan fingerprint density at radius 3 is 2.33 bits per heavy atom. The van der Waals surface area contributed by atoms with Crippen molar-refractivity contribution in [2.24, 2.45) is 0 Å². The second kappa shape index (κ2) is 5.11. The molecule has 1 unspecified atom stereocenters. The van der Waals surface area contributed by atoms with Crippen LogP contribution in [0.2, 0.25) is 0 Å². The van der Waals surface area contributed by atoms with Crippen LogP contribution in [0.1, 0.15) is 13.8 Å². The summed E-state index contributed by atoms with van der Waals surface area (Å²) >= 11 is 0. The molecule has 1 saturated heterocycles. The Morgan fingerprint density at radius 1 is 1.33 bits per heavy atom. The summed E-state index contributed by atoms with van der Waals surface area (Å²) in [6, 6.07) is -0.361. The molecule has 1 heterocycles. The molecule has 2 amide bonds. The second-order valence-electron chi connectivity index (χ2n) is 3.88. The van der Waals surface area contributed by atoms with Crippen LogP contribution in [0.4, 0.5) is 0 Å². The zero-order chi connectivity index (χ0) is 11.4.